The second kappa shape index (κ2) is 4.30. The van der Waals surface area contributed by atoms with Crippen LogP contribution in [0.2, 0.25) is 0 Å². The Morgan fingerprint density at radius 1 is 1.50 bits per heavy atom. The largest absolute Gasteiger partial charge is 0.293 e. The summed E-state index contributed by atoms with van der Waals surface area (Å²) < 4.78 is 0.750. The number of aromatic nitrogens is 1. The zero-order valence-electron chi connectivity index (χ0n) is 7.40. The summed E-state index contributed by atoms with van der Waals surface area (Å²) in [6.07, 6.45) is 1.46. The lowest BCUT2D eigenvalue weighted by Gasteiger charge is -2.10. The molecule has 0 saturated carbocycles. The van der Waals surface area contributed by atoms with Crippen LogP contribution < -0.4 is 5.84 Å². The van der Waals surface area contributed by atoms with E-state index in [2.05, 4.69) is 20.9 Å². The van der Waals surface area contributed by atoms with Crippen LogP contribution in [0.25, 0.3) is 0 Å². The fourth-order valence-electron chi connectivity index (χ4n) is 0.769. The smallest absolute Gasteiger partial charge is 0.273 e. The fraction of sp³-hybridized carbons (Fsp3) is 0.125. The highest BCUT2D eigenvalue weighted by atomic mass is 79.9. The van der Waals surface area contributed by atoms with E-state index in [0.29, 0.717) is 5.01 Å². The number of amides is 2. The maximum absolute atomic E-state index is 11.4. The van der Waals surface area contributed by atoms with Crippen molar-refractivity contribution >= 4 is 27.7 Å². The molecule has 2 N–H and O–H groups in total. The van der Waals surface area contributed by atoms with E-state index in [9.17, 15) is 9.59 Å². The highest BCUT2D eigenvalue weighted by molar-refractivity contribution is 9.10. The Morgan fingerprint density at radius 2 is 2.14 bits per heavy atom. The van der Waals surface area contributed by atoms with Gasteiger partial charge in [-0.1, -0.05) is 0 Å². The van der Waals surface area contributed by atoms with Crippen molar-refractivity contribution in [2.24, 2.45) is 5.84 Å². The molecule has 2 amide bonds. The van der Waals surface area contributed by atoms with Crippen molar-refractivity contribution in [2.75, 3.05) is 0 Å². The van der Waals surface area contributed by atoms with Crippen LogP contribution in [0.15, 0.2) is 22.8 Å². The Morgan fingerprint density at radius 3 is 2.57 bits per heavy atom. The molecule has 1 aromatic heterocycles. The topological polar surface area (TPSA) is 76.3 Å². The highest BCUT2D eigenvalue weighted by Gasteiger charge is 2.16. The molecule has 0 atom stereocenters. The second-order valence-electron chi connectivity index (χ2n) is 2.56. The summed E-state index contributed by atoms with van der Waals surface area (Å²) in [6, 6.07) is 3.13. The molecule has 5 nitrogen and oxygen atoms in total. The van der Waals surface area contributed by atoms with Gasteiger partial charge in [-0.2, -0.15) is 0 Å². The van der Waals surface area contributed by atoms with Crippen molar-refractivity contribution in [2.45, 2.75) is 6.92 Å². The number of hydrogen-bond acceptors (Lipinski definition) is 4. The number of nitrogens with two attached hydrogens (primary N) is 1. The average molecular weight is 258 g/mol. The molecule has 14 heavy (non-hydrogen) atoms. The van der Waals surface area contributed by atoms with Crippen molar-refractivity contribution in [3.05, 3.63) is 28.5 Å². The summed E-state index contributed by atoms with van der Waals surface area (Å²) >= 11 is 3.17. The SMILES string of the molecule is CC(=O)N(N)C(=O)c1ccc(Br)cn1. The number of carbonyl (C=O) groups excluding carboxylic acids is 2. The molecule has 0 fully saturated rings. The lowest BCUT2D eigenvalue weighted by Crippen LogP contribution is -2.41. The standard InChI is InChI=1S/C8H8BrN3O2/c1-5(13)12(10)8(14)7-3-2-6(9)4-11-7/h2-4H,10H2,1H3. The fourth-order valence-corrected chi connectivity index (χ4v) is 1.00. The monoisotopic (exact) mass is 257 g/mol. The van der Waals surface area contributed by atoms with Gasteiger partial charge in [0.1, 0.15) is 5.69 Å². The minimum Gasteiger partial charge on any atom is -0.273 e. The number of rotatable bonds is 1. The lowest BCUT2D eigenvalue weighted by molar-refractivity contribution is -0.126. The van der Waals surface area contributed by atoms with Gasteiger partial charge in [-0.15, -0.1) is 0 Å². The van der Waals surface area contributed by atoms with Gasteiger partial charge >= 0.3 is 0 Å². The van der Waals surface area contributed by atoms with E-state index in [4.69, 9.17) is 5.84 Å². The Balaban J connectivity index is 2.90. The highest BCUT2D eigenvalue weighted by Crippen LogP contribution is 2.08. The Labute approximate surface area is 89.0 Å². The van der Waals surface area contributed by atoms with Gasteiger partial charge in [0.2, 0.25) is 5.91 Å². The number of imide groups is 1. The zero-order chi connectivity index (χ0) is 10.7. The van der Waals surface area contributed by atoms with Crippen LogP contribution >= 0.6 is 15.9 Å². The van der Waals surface area contributed by atoms with Gasteiger partial charge in [-0.25, -0.2) is 15.8 Å². The van der Waals surface area contributed by atoms with E-state index in [1.807, 2.05) is 0 Å². The predicted molar refractivity (Wildman–Crippen MR) is 53.0 cm³/mol. The Kier molecular flexibility index (Phi) is 3.32. The molecule has 0 saturated heterocycles. The molecule has 0 unspecified atom stereocenters. The van der Waals surface area contributed by atoms with Gasteiger partial charge in [0.05, 0.1) is 0 Å². The van der Waals surface area contributed by atoms with E-state index in [-0.39, 0.29) is 5.69 Å². The minimum absolute atomic E-state index is 0.130. The van der Waals surface area contributed by atoms with Crippen LogP contribution in [0.3, 0.4) is 0 Å². The molecule has 0 aliphatic rings. The first-order valence-electron chi connectivity index (χ1n) is 3.73. The third-order valence-electron chi connectivity index (χ3n) is 1.50. The molecule has 1 heterocycles. The van der Waals surface area contributed by atoms with Gasteiger partial charge < -0.3 is 0 Å². The molecule has 6 heteroatoms. The number of pyridine rings is 1. The summed E-state index contributed by atoms with van der Waals surface area (Å²) in [5, 5.41) is 0.524. The number of hydrazine groups is 1. The van der Waals surface area contributed by atoms with Gasteiger partial charge in [0.25, 0.3) is 5.91 Å². The summed E-state index contributed by atoms with van der Waals surface area (Å²) in [4.78, 5) is 26.0. The Bertz CT molecular complexity index is 363. The maximum atomic E-state index is 11.4. The number of hydrogen-bond donors (Lipinski definition) is 1. The summed E-state index contributed by atoms with van der Waals surface area (Å²) in [5.74, 6) is 4.06. The van der Waals surface area contributed by atoms with Crippen LogP contribution in [0.5, 0.6) is 0 Å². The van der Waals surface area contributed by atoms with E-state index < -0.39 is 11.8 Å². The molecule has 0 spiro atoms. The molecule has 74 valence electrons. The van der Waals surface area contributed by atoms with Gasteiger partial charge in [0.15, 0.2) is 0 Å². The van der Waals surface area contributed by atoms with E-state index in [0.717, 1.165) is 4.47 Å². The first-order chi connectivity index (χ1) is 6.52. The van der Waals surface area contributed by atoms with Crippen molar-refractivity contribution in [1.82, 2.24) is 9.99 Å². The quantitative estimate of drug-likeness (QED) is 0.457. The molecule has 0 aromatic carbocycles. The van der Waals surface area contributed by atoms with Crippen molar-refractivity contribution in [1.29, 1.82) is 0 Å². The number of halogens is 1. The van der Waals surface area contributed by atoms with Crippen LogP contribution in [-0.4, -0.2) is 21.8 Å². The first-order valence-corrected chi connectivity index (χ1v) is 4.53. The lowest BCUT2D eigenvalue weighted by atomic mass is 10.3. The van der Waals surface area contributed by atoms with Crippen LogP contribution in [0, 0.1) is 0 Å². The minimum atomic E-state index is -0.620. The van der Waals surface area contributed by atoms with Crippen LogP contribution in [0.4, 0.5) is 0 Å². The molecule has 0 radical (unpaired) electrons. The maximum Gasteiger partial charge on any atom is 0.293 e. The average Bonchev–Trinajstić information content (AvgIpc) is 2.16. The van der Waals surface area contributed by atoms with Crippen LogP contribution in [0.1, 0.15) is 17.4 Å². The molecule has 0 aliphatic carbocycles. The molecular formula is C8H8BrN3O2. The molecular weight excluding hydrogens is 250 g/mol. The summed E-state index contributed by atoms with van der Waals surface area (Å²) in [7, 11) is 0. The normalized spacial score (nSPS) is 9.64. The third-order valence-corrected chi connectivity index (χ3v) is 1.97. The summed E-state index contributed by atoms with van der Waals surface area (Å²) in [5.41, 5.74) is 0.130. The zero-order valence-corrected chi connectivity index (χ0v) is 8.98. The van der Waals surface area contributed by atoms with Crippen LogP contribution in [-0.2, 0) is 4.79 Å². The van der Waals surface area contributed by atoms with Gasteiger partial charge in [-0.05, 0) is 28.1 Å². The van der Waals surface area contributed by atoms with E-state index >= 15 is 0 Å². The second-order valence-corrected chi connectivity index (χ2v) is 3.47. The predicted octanol–water partition coefficient (Wildman–Crippen LogP) is 0.707. The molecule has 0 aliphatic heterocycles. The Hall–Kier alpha value is -1.27. The first kappa shape index (κ1) is 10.8. The number of nitrogens with zero attached hydrogens (tertiary/aromatic N) is 2. The molecule has 1 aromatic rings. The van der Waals surface area contributed by atoms with E-state index in [1.165, 1.54) is 19.2 Å². The molecule has 1 rings (SSSR count). The third kappa shape index (κ3) is 2.36. The van der Waals surface area contributed by atoms with Gasteiger partial charge in [-0.3, -0.25) is 9.59 Å². The number of carbonyl (C=O) groups is 2. The molecule has 0 bridgehead atoms. The van der Waals surface area contributed by atoms with Gasteiger partial charge in [0, 0.05) is 17.6 Å². The van der Waals surface area contributed by atoms with Crippen molar-refractivity contribution in [3.63, 3.8) is 0 Å². The van der Waals surface area contributed by atoms with Crippen molar-refractivity contribution < 1.29 is 9.59 Å². The van der Waals surface area contributed by atoms with E-state index in [1.54, 1.807) is 6.07 Å². The van der Waals surface area contributed by atoms with Crippen molar-refractivity contribution in [3.8, 4) is 0 Å². The summed E-state index contributed by atoms with van der Waals surface area (Å²) in [6.45, 7) is 1.21.